The Morgan fingerprint density at radius 1 is 1.00 bits per heavy atom. The molecule has 0 aromatic heterocycles. The molecule has 0 rings (SSSR count). The molecule has 0 amide bonds. The van der Waals surface area contributed by atoms with Gasteiger partial charge in [-0.3, -0.25) is 0 Å². The largest absolute Gasteiger partial charge is 0.384 e. The van der Waals surface area contributed by atoms with Crippen molar-refractivity contribution in [2.24, 2.45) is 5.41 Å². The Morgan fingerprint density at radius 3 is 2.12 bits per heavy atom. The molecular weight excluding hydrogens is 198 g/mol. The highest BCUT2D eigenvalue weighted by molar-refractivity contribution is 4.81. The van der Waals surface area contributed by atoms with Crippen LogP contribution in [-0.2, 0) is 4.74 Å². The van der Waals surface area contributed by atoms with Crippen molar-refractivity contribution in [3.8, 4) is 0 Å². The van der Waals surface area contributed by atoms with E-state index in [1.54, 1.807) is 0 Å². The molecule has 0 aromatic rings. The van der Waals surface area contributed by atoms with Gasteiger partial charge in [-0.2, -0.15) is 0 Å². The third kappa shape index (κ3) is 6.49. The maximum absolute atomic E-state index is 5.46. The van der Waals surface area contributed by atoms with E-state index < -0.39 is 0 Å². The van der Waals surface area contributed by atoms with Crippen molar-refractivity contribution < 1.29 is 4.74 Å². The predicted octanol–water partition coefficient (Wildman–Crippen LogP) is 3.56. The summed E-state index contributed by atoms with van der Waals surface area (Å²) < 4.78 is 5.46. The van der Waals surface area contributed by atoms with Gasteiger partial charge in [-0.25, -0.2) is 0 Å². The van der Waals surface area contributed by atoms with E-state index in [2.05, 4.69) is 32.8 Å². The number of rotatable bonds is 10. The van der Waals surface area contributed by atoms with Gasteiger partial charge in [-0.15, -0.1) is 0 Å². The fourth-order valence-electron chi connectivity index (χ4n) is 2.73. The summed E-state index contributed by atoms with van der Waals surface area (Å²) in [7, 11) is 6.17. The lowest BCUT2D eigenvalue weighted by Gasteiger charge is -2.35. The lowest BCUT2D eigenvalue weighted by Crippen LogP contribution is -2.37. The van der Waals surface area contributed by atoms with E-state index in [0.717, 1.165) is 13.2 Å². The molecule has 0 bridgehead atoms. The Morgan fingerprint density at radius 2 is 1.69 bits per heavy atom. The fraction of sp³-hybridized carbons (Fsp3) is 1.00. The predicted molar refractivity (Wildman–Crippen MR) is 71.9 cm³/mol. The van der Waals surface area contributed by atoms with Crippen molar-refractivity contribution in [1.29, 1.82) is 0 Å². The second-order valence-corrected chi connectivity index (χ2v) is 5.38. The minimum absolute atomic E-state index is 0.377. The maximum Gasteiger partial charge on any atom is 0.0530 e. The summed E-state index contributed by atoms with van der Waals surface area (Å²) >= 11 is 0. The molecule has 0 saturated carbocycles. The second-order valence-electron chi connectivity index (χ2n) is 5.38. The van der Waals surface area contributed by atoms with Gasteiger partial charge in [0.25, 0.3) is 0 Å². The van der Waals surface area contributed by atoms with E-state index in [0.29, 0.717) is 5.41 Å². The molecule has 0 aliphatic heterocycles. The van der Waals surface area contributed by atoms with Gasteiger partial charge in [-0.1, -0.05) is 39.5 Å². The smallest absolute Gasteiger partial charge is 0.0530 e. The minimum Gasteiger partial charge on any atom is -0.384 e. The van der Waals surface area contributed by atoms with Gasteiger partial charge in [0.1, 0.15) is 0 Å². The summed E-state index contributed by atoms with van der Waals surface area (Å²) in [4.78, 5) is 2.31. The summed E-state index contributed by atoms with van der Waals surface area (Å²) in [5, 5.41) is 0. The van der Waals surface area contributed by atoms with Gasteiger partial charge < -0.3 is 9.64 Å². The van der Waals surface area contributed by atoms with Gasteiger partial charge in [0.2, 0.25) is 0 Å². The Kier molecular flexibility index (Phi) is 8.96. The zero-order valence-electron chi connectivity index (χ0n) is 12.0. The quantitative estimate of drug-likeness (QED) is 0.531. The maximum atomic E-state index is 5.46. The summed E-state index contributed by atoms with van der Waals surface area (Å²) in [5.74, 6) is 0. The summed E-state index contributed by atoms with van der Waals surface area (Å²) in [6.07, 6.45) is 7.83. The number of nitrogens with zero attached hydrogens (tertiary/aromatic N) is 1. The first-order chi connectivity index (χ1) is 7.60. The molecule has 2 nitrogen and oxygen atoms in total. The van der Waals surface area contributed by atoms with Crippen LogP contribution in [0.1, 0.15) is 52.4 Å². The molecule has 0 spiro atoms. The molecule has 0 N–H and O–H groups in total. The third-order valence-electron chi connectivity index (χ3n) is 3.19. The van der Waals surface area contributed by atoms with E-state index in [1.807, 2.05) is 7.11 Å². The van der Waals surface area contributed by atoms with E-state index in [1.165, 1.54) is 38.5 Å². The molecule has 0 aliphatic rings. The van der Waals surface area contributed by atoms with Crippen LogP contribution in [0.5, 0.6) is 0 Å². The lowest BCUT2D eigenvalue weighted by molar-refractivity contribution is 0.0411. The molecular formula is C14H31NO. The minimum atomic E-state index is 0.377. The second kappa shape index (κ2) is 9.00. The molecule has 2 heteroatoms. The SMILES string of the molecule is CCCCCC(CCC)(COC)CN(C)C. The highest BCUT2D eigenvalue weighted by atomic mass is 16.5. The first kappa shape index (κ1) is 15.9. The van der Waals surface area contributed by atoms with Crippen LogP contribution in [0.4, 0.5) is 0 Å². The normalized spacial score (nSPS) is 15.4. The number of methoxy groups -OCH3 is 1. The molecule has 1 unspecified atom stereocenters. The molecule has 0 heterocycles. The number of hydrogen-bond acceptors (Lipinski definition) is 2. The zero-order valence-corrected chi connectivity index (χ0v) is 12.0. The van der Waals surface area contributed by atoms with Crippen LogP contribution >= 0.6 is 0 Å². The topological polar surface area (TPSA) is 12.5 Å². The Labute approximate surface area is 102 Å². The van der Waals surface area contributed by atoms with Crippen LogP contribution in [0.25, 0.3) is 0 Å². The molecule has 0 aromatic carbocycles. The number of ether oxygens (including phenoxy) is 1. The van der Waals surface area contributed by atoms with Crippen molar-refractivity contribution in [3.63, 3.8) is 0 Å². The van der Waals surface area contributed by atoms with Gasteiger partial charge in [0.15, 0.2) is 0 Å². The highest BCUT2D eigenvalue weighted by Gasteiger charge is 2.29. The number of hydrogen-bond donors (Lipinski definition) is 0. The molecule has 0 aliphatic carbocycles. The number of unbranched alkanes of at least 4 members (excludes halogenated alkanes) is 2. The van der Waals surface area contributed by atoms with Crippen LogP contribution in [0.3, 0.4) is 0 Å². The zero-order chi connectivity index (χ0) is 12.4. The van der Waals surface area contributed by atoms with Crippen LogP contribution in [0.2, 0.25) is 0 Å². The van der Waals surface area contributed by atoms with Crippen molar-refractivity contribution in [1.82, 2.24) is 4.90 Å². The van der Waals surface area contributed by atoms with Crippen LogP contribution in [0.15, 0.2) is 0 Å². The average molecular weight is 229 g/mol. The fourth-order valence-corrected chi connectivity index (χ4v) is 2.73. The summed E-state index contributed by atoms with van der Waals surface area (Å²) in [5.41, 5.74) is 0.377. The molecule has 1 atom stereocenters. The first-order valence-electron chi connectivity index (χ1n) is 6.74. The van der Waals surface area contributed by atoms with Gasteiger partial charge >= 0.3 is 0 Å². The van der Waals surface area contributed by atoms with Gasteiger partial charge in [-0.05, 0) is 26.9 Å². The van der Waals surface area contributed by atoms with Gasteiger partial charge in [0, 0.05) is 19.1 Å². The standard InChI is InChI=1S/C14H31NO/c1-6-8-9-11-14(10-7-2,13-16-5)12-15(3)4/h6-13H2,1-5H3. The van der Waals surface area contributed by atoms with E-state index in [-0.39, 0.29) is 0 Å². The average Bonchev–Trinajstić information content (AvgIpc) is 2.17. The molecule has 0 fully saturated rings. The van der Waals surface area contributed by atoms with Crippen molar-refractivity contribution >= 4 is 0 Å². The van der Waals surface area contributed by atoms with Crippen LogP contribution < -0.4 is 0 Å². The lowest BCUT2D eigenvalue weighted by atomic mass is 9.79. The van der Waals surface area contributed by atoms with Crippen molar-refractivity contribution in [3.05, 3.63) is 0 Å². The highest BCUT2D eigenvalue weighted by Crippen LogP contribution is 2.31. The Bertz CT molecular complexity index is 151. The monoisotopic (exact) mass is 229 g/mol. The molecule has 0 saturated heterocycles. The van der Waals surface area contributed by atoms with Crippen molar-refractivity contribution in [2.75, 3.05) is 34.4 Å². The van der Waals surface area contributed by atoms with Gasteiger partial charge in [0.05, 0.1) is 6.61 Å². The van der Waals surface area contributed by atoms with Crippen LogP contribution in [-0.4, -0.2) is 39.3 Å². The van der Waals surface area contributed by atoms with E-state index >= 15 is 0 Å². The summed E-state index contributed by atoms with van der Waals surface area (Å²) in [6, 6.07) is 0. The summed E-state index contributed by atoms with van der Waals surface area (Å²) in [6.45, 7) is 6.60. The first-order valence-corrected chi connectivity index (χ1v) is 6.74. The third-order valence-corrected chi connectivity index (χ3v) is 3.19. The van der Waals surface area contributed by atoms with Crippen LogP contribution in [0, 0.1) is 5.41 Å². The van der Waals surface area contributed by atoms with E-state index in [9.17, 15) is 0 Å². The molecule has 16 heavy (non-hydrogen) atoms. The molecule has 0 radical (unpaired) electrons. The Balaban J connectivity index is 4.37. The van der Waals surface area contributed by atoms with Crippen molar-refractivity contribution in [2.45, 2.75) is 52.4 Å². The molecule has 98 valence electrons. The van der Waals surface area contributed by atoms with E-state index in [4.69, 9.17) is 4.74 Å². The Hall–Kier alpha value is -0.0800.